The van der Waals surface area contributed by atoms with Crippen molar-refractivity contribution < 1.29 is 0 Å². The molecule has 84 valence electrons. The van der Waals surface area contributed by atoms with Crippen LogP contribution in [0, 0.1) is 0 Å². The minimum absolute atomic E-state index is 0.308. The number of hydrogen-bond acceptors (Lipinski definition) is 0. The van der Waals surface area contributed by atoms with Gasteiger partial charge < -0.3 is 0 Å². The normalized spacial score (nSPS) is 18.4. The van der Waals surface area contributed by atoms with Gasteiger partial charge in [-0.05, 0) is 16.7 Å². The maximum atomic E-state index is 6.51. The SMILES string of the molecule is CC1C(Cl)=C(c2ccccc2)c2ccccc21. The van der Waals surface area contributed by atoms with Gasteiger partial charge in [0, 0.05) is 16.5 Å². The van der Waals surface area contributed by atoms with Crippen LogP contribution in [0.25, 0.3) is 5.57 Å². The Bertz CT molecular complexity index is 581. The van der Waals surface area contributed by atoms with Crippen LogP contribution in [0.4, 0.5) is 0 Å². The molecule has 0 spiro atoms. The zero-order chi connectivity index (χ0) is 11.8. The van der Waals surface area contributed by atoms with E-state index in [9.17, 15) is 0 Å². The molecule has 0 saturated carbocycles. The summed E-state index contributed by atoms with van der Waals surface area (Å²) in [6.07, 6.45) is 0. The Balaban J connectivity index is 2.23. The fourth-order valence-electron chi connectivity index (χ4n) is 2.48. The van der Waals surface area contributed by atoms with Crippen molar-refractivity contribution in [2.75, 3.05) is 0 Å². The highest BCUT2D eigenvalue weighted by Gasteiger charge is 2.27. The minimum Gasteiger partial charge on any atom is -0.0878 e. The lowest BCUT2D eigenvalue weighted by Crippen LogP contribution is -1.87. The van der Waals surface area contributed by atoms with Crippen molar-refractivity contribution >= 4 is 17.2 Å². The first-order chi connectivity index (χ1) is 8.29. The van der Waals surface area contributed by atoms with Crippen LogP contribution in [0.2, 0.25) is 0 Å². The lowest BCUT2D eigenvalue weighted by atomic mass is 9.98. The first-order valence-corrected chi connectivity index (χ1v) is 6.21. The highest BCUT2D eigenvalue weighted by Crippen LogP contribution is 2.46. The summed E-state index contributed by atoms with van der Waals surface area (Å²) in [7, 11) is 0. The summed E-state index contributed by atoms with van der Waals surface area (Å²) >= 11 is 6.51. The topological polar surface area (TPSA) is 0 Å². The number of hydrogen-bond donors (Lipinski definition) is 0. The molecular weight excluding hydrogens is 228 g/mol. The second kappa shape index (κ2) is 4.05. The van der Waals surface area contributed by atoms with Crippen molar-refractivity contribution in [1.82, 2.24) is 0 Å². The van der Waals surface area contributed by atoms with Gasteiger partial charge >= 0.3 is 0 Å². The van der Waals surface area contributed by atoms with Crippen molar-refractivity contribution in [3.05, 3.63) is 76.3 Å². The van der Waals surface area contributed by atoms with E-state index in [1.54, 1.807) is 0 Å². The van der Waals surface area contributed by atoms with Crippen molar-refractivity contribution in [1.29, 1.82) is 0 Å². The molecule has 0 amide bonds. The molecule has 1 unspecified atom stereocenters. The summed E-state index contributed by atoms with van der Waals surface area (Å²) in [6, 6.07) is 18.8. The van der Waals surface area contributed by atoms with Crippen LogP contribution in [-0.4, -0.2) is 0 Å². The van der Waals surface area contributed by atoms with Gasteiger partial charge in [0.2, 0.25) is 0 Å². The summed E-state index contributed by atoms with van der Waals surface area (Å²) in [6.45, 7) is 2.16. The average molecular weight is 241 g/mol. The highest BCUT2D eigenvalue weighted by atomic mass is 35.5. The summed E-state index contributed by atoms with van der Waals surface area (Å²) < 4.78 is 0. The number of benzene rings is 2. The zero-order valence-electron chi connectivity index (χ0n) is 9.65. The van der Waals surface area contributed by atoms with Crippen LogP contribution >= 0.6 is 11.6 Å². The molecule has 0 nitrogen and oxygen atoms in total. The Morgan fingerprint density at radius 3 is 2.29 bits per heavy atom. The van der Waals surface area contributed by atoms with Gasteiger partial charge in [0.1, 0.15) is 0 Å². The van der Waals surface area contributed by atoms with E-state index >= 15 is 0 Å². The quantitative estimate of drug-likeness (QED) is 0.672. The van der Waals surface area contributed by atoms with E-state index in [-0.39, 0.29) is 0 Å². The van der Waals surface area contributed by atoms with Crippen LogP contribution in [0.15, 0.2) is 59.6 Å². The van der Waals surface area contributed by atoms with Gasteiger partial charge in [0.05, 0.1) is 0 Å². The summed E-state index contributed by atoms with van der Waals surface area (Å²) in [5, 5.41) is 0.956. The molecular formula is C16H13Cl. The predicted octanol–water partition coefficient (Wildman–Crippen LogP) is 4.80. The van der Waals surface area contributed by atoms with Gasteiger partial charge in [-0.15, -0.1) is 0 Å². The van der Waals surface area contributed by atoms with Crippen molar-refractivity contribution in [3.63, 3.8) is 0 Å². The number of rotatable bonds is 1. The smallest absolute Gasteiger partial charge is 0.0337 e. The molecule has 0 aromatic heterocycles. The third-order valence-corrected chi connectivity index (χ3v) is 3.89. The molecule has 0 saturated heterocycles. The molecule has 17 heavy (non-hydrogen) atoms. The Morgan fingerprint density at radius 1 is 0.882 bits per heavy atom. The van der Waals surface area contributed by atoms with E-state index in [0.717, 1.165) is 5.03 Å². The molecule has 0 bridgehead atoms. The fourth-order valence-corrected chi connectivity index (χ4v) is 2.81. The molecule has 2 aromatic rings. The van der Waals surface area contributed by atoms with Gasteiger partial charge in [-0.25, -0.2) is 0 Å². The molecule has 1 heteroatoms. The Labute approximate surface area is 107 Å². The average Bonchev–Trinajstić information content (AvgIpc) is 2.64. The summed E-state index contributed by atoms with van der Waals surface area (Å²) in [5.41, 5.74) is 5.00. The largest absolute Gasteiger partial charge is 0.0878 e. The highest BCUT2D eigenvalue weighted by molar-refractivity contribution is 6.35. The van der Waals surface area contributed by atoms with E-state index in [0.29, 0.717) is 5.92 Å². The third-order valence-electron chi connectivity index (χ3n) is 3.38. The molecule has 0 radical (unpaired) electrons. The maximum absolute atomic E-state index is 6.51. The first-order valence-electron chi connectivity index (χ1n) is 5.83. The zero-order valence-corrected chi connectivity index (χ0v) is 10.4. The lowest BCUT2D eigenvalue weighted by Gasteiger charge is -2.05. The molecule has 0 heterocycles. The van der Waals surface area contributed by atoms with Crippen LogP contribution < -0.4 is 0 Å². The molecule has 0 aliphatic heterocycles. The molecule has 1 atom stereocenters. The van der Waals surface area contributed by atoms with Crippen LogP contribution in [0.1, 0.15) is 29.5 Å². The minimum atomic E-state index is 0.308. The molecule has 0 N–H and O–H groups in total. The first kappa shape index (κ1) is 10.6. The molecule has 1 aliphatic carbocycles. The standard InChI is InChI=1S/C16H13Cl/c1-11-13-9-5-6-10-14(13)15(16(11)17)12-7-3-2-4-8-12/h2-11H,1H3. The van der Waals surface area contributed by atoms with E-state index in [4.69, 9.17) is 11.6 Å². The second-order valence-electron chi connectivity index (χ2n) is 4.40. The van der Waals surface area contributed by atoms with Gasteiger partial charge in [-0.2, -0.15) is 0 Å². The van der Waals surface area contributed by atoms with Gasteiger partial charge in [0.15, 0.2) is 0 Å². The number of allylic oxidation sites excluding steroid dienone is 1. The van der Waals surface area contributed by atoms with Crippen molar-refractivity contribution in [3.8, 4) is 0 Å². The Kier molecular flexibility index (Phi) is 2.53. The van der Waals surface area contributed by atoms with E-state index in [1.165, 1.54) is 22.3 Å². The molecule has 2 aromatic carbocycles. The third kappa shape index (κ3) is 1.60. The van der Waals surface area contributed by atoms with Gasteiger partial charge in [0.25, 0.3) is 0 Å². The lowest BCUT2D eigenvalue weighted by molar-refractivity contribution is 0.971. The molecule has 0 fully saturated rings. The van der Waals surface area contributed by atoms with Gasteiger partial charge in [-0.1, -0.05) is 73.1 Å². The maximum Gasteiger partial charge on any atom is 0.0337 e. The monoisotopic (exact) mass is 240 g/mol. The number of halogens is 1. The molecule has 3 rings (SSSR count). The second-order valence-corrected chi connectivity index (χ2v) is 4.81. The van der Waals surface area contributed by atoms with Crippen molar-refractivity contribution in [2.24, 2.45) is 0 Å². The van der Waals surface area contributed by atoms with E-state index < -0.39 is 0 Å². The van der Waals surface area contributed by atoms with E-state index in [1.807, 2.05) is 6.07 Å². The van der Waals surface area contributed by atoms with Gasteiger partial charge in [-0.3, -0.25) is 0 Å². The Hall–Kier alpha value is -1.53. The predicted molar refractivity (Wildman–Crippen MR) is 73.2 cm³/mol. The van der Waals surface area contributed by atoms with E-state index in [2.05, 4.69) is 55.5 Å². The summed E-state index contributed by atoms with van der Waals surface area (Å²) in [5.74, 6) is 0.308. The van der Waals surface area contributed by atoms with Crippen LogP contribution in [0.3, 0.4) is 0 Å². The molecule has 1 aliphatic rings. The summed E-state index contributed by atoms with van der Waals surface area (Å²) in [4.78, 5) is 0. The number of fused-ring (bicyclic) bond motifs is 1. The Morgan fingerprint density at radius 2 is 1.53 bits per heavy atom. The van der Waals surface area contributed by atoms with Crippen LogP contribution in [0.5, 0.6) is 0 Å². The van der Waals surface area contributed by atoms with Crippen molar-refractivity contribution in [2.45, 2.75) is 12.8 Å². The fraction of sp³-hybridized carbons (Fsp3) is 0.125. The van der Waals surface area contributed by atoms with Crippen LogP contribution in [-0.2, 0) is 0 Å².